The topological polar surface area (TPSA) is 58.7 Å². The Hall–Kier alpha value is -1.04. The molecule has 1 aromatic rings. The Morgan fingerprint density at radius 3 is 2.81 bits per heavy atom. The molecule has 2 rings (SSSR count). The maximum absolute atomic E-state index is 9.81. The Bertz CT molecular complexity index is 398. The smallest absolute Gasteiger partial charge is 0.423 e. The van der Waals surface area contributed by atoms with Crippen molar-refractivity contribution in [1.82, 2.24) is 4.90 Å². The van der Waals surface area contributed by atoms with Crippen LogP contribution < -0.4 is 11.2 Å². The molecule has 1 aromatic carbocycles. The minimum Gasteiger partial charge on any atom is -0.423 e. The number of nitrogens with two attached hydrogens (primary N) is 1. The minimum absolute atomic E-state index is 0.0967. The van der Waals surface area contributed by atoms with Gasteiger partial charge < -0.3 is 20.3 Å². The second-order valence-electron chi connectivity index (χ2n) is 4.50. The number of hydrogen-bond acceptors (Lipinski definition) is 4. The third-order valence-electron chi connectivity index (χ3n) is 3.21. The van der Waals surface area contributed by atoms with Gasteiger partial charge in [0.1, 0.15) is 0 Å². The van der Waals surface area contributed by atoms with Gasteiger partial charge in [0, 0.05) is 11.7 Å². The fourth-order valence-electron chi connectivity index (χ4n) is 2.00. The largest absolute Gasteiger partial charge is 0.492 e. The Labute approximate surface area is 96.2 Å². The SMILES string of the molecule is CC(C1OB(O)c2cc(N)ccc21)N(C)C. The maximum atomic E-state index is 9.81. The van der Waals surface area contributed by atoms with Crippen molar-refractivity contribution in [1.29, 1.82) is 0 Å². The number of anilines is 1. The maximum Gasteiger partial charge on any atom is 0.492 e. The van der Waals surface area contributed by atoms with Gasteiger partial charge in [0.15, 0.2) is 0 Å². The average Bonchev–Trinajstić information content (AvgIpc) is 2.55. The van der Waals surface area contributed by atoms with Crippen molar-refractivity contribution >= 4 is 18.3 Å². The first-order valence-corrected chi connectivity index (χ1v) is 5.40. The zero-order valence-electron chi connectivity index (χ0n) is 9.84. The Morgan fingerprint density at radius 2 is 2.19 bits per heavy atom. The van der Waals surface area contributed by atoms with E-state index in [9.17, 15) is 5.02 Å². The fraction of sp³-hybridized carbons (Fsp3) is 0.455. The van der Waals surface area contributed by atoms with Crippen LogP contribution in [0.15, 0.2) is 18.2 Å². The summed E-state index contributed by atoms with van der Waals surface area (Å²) < 4.78 is 5.57. The van der Waals surface area contributed by atoms with E-state index < -0.39 is 7.12 Å². The van der Waals surface area contributed by atoms with Gasteiger partial charge in [-0.05, 0) is 44.2 Å². The zero-order chi connectivity index (χ0) is 11.9. The molecule has 2 atom stereocenters. The molecule has 0 radical (unpaired) electrons. The molecule has 1 heterocycles. The van der Waals surface area contributed by atoms with E-state index in [1.807, 2.05) is 26.2 Å². The monoisotopic (exact) mass is 220 g/mol. The molecule has 0 aromatic heterocycles. The highest BCUT2D eigenvalue weighted by atomic mass is 16.5. The van der Waals surface area contributed by atoms with Crippen LogP contribution in [-0.4, -0.2) is 37.2 Å². The van der Waals surface area contributed by atoms with Crippen LogP contribution in [0.4, 0.5) is 5.69 Å². The zero-order valence-corrected chi connectivity index (χ0v) is 9.84. The Kier molecular flexibility index (Phi) is 2.92. The van der Waals surface area contributed by atoms with Crippen LogP contribution in [0.3, 0.4) is 0 Å². The van der Waals surface area contributed by atoms with E-state index in [1.165, 1.54) is 0 Å². The van der Waals surface area contributed by atoms with E-state index in [-0.39, 0.29) is 12.1 Å². The summed E-state index contributed by atoms with van der Waals surface area (Å²) in [6.07, 6.45) is -0.0967. The molecule has 4 nitrogen and oxygen atoms in total. The number of nitrogens with zero attached hydrogens (tertiary/aromatic N) is 1. The lowest BCUT2D eigenvalue weighted by molar-refractivity contribution is 0.102. The summed E-state index contributed by atoms with van der Waals surface area (Å²) in [5.41, 5.74) is 8.17. The third kappa shape index (κ3) is 1.82. The highest BCUT2D eigenvalue weighted by Crippen LogP contribution is 2.29. The number of nitrogen functional groups attached to an aromatic ring is 1. The van der Waals surface area contributed by atoms with Crippen molar-refractivity contribution in [2.24, 2.45) is 0 Å². The van der Waals surface area contributed by atoms with Crippen LogP contribution in [0.2, 0.25) is 0 Å². The van der Waals surface area contributed by atoms with Crippen molar-refractivity contribution in [3.8, 4) is 0 Å². The normalized spacial score (nSPS) is 21.3. The summed E-state index contributed by atoms with van der Waals surface area (Å²) in [5.74, 6) is 0. The first kappa shape index (κ1) is 11.5. The minimum atomic E-state index is -0.856. The fourth-order valence-corrected chi connectivity index (χ4v) is 2.00. The summed E-state index contributed by atoms with van der Waals surface area (Å²) >= 11 is 0. The van der Waals surface area contributed by atoms with Crippen molar-refractivity contribution in [2.75, 3.05) is 19.8 Å². The molecule has 3 N–H and O–H groups in total. The third-order valence-corrected chi connectivity index (χ3v) is 3.21. The second-order valence-corrected chi connectivity index (χ2v) is 4.50. The van der Waals surface area contributed by atoms with E-state index >= 15 is 0 Å². The van der Waals surface area contributed by atoms with Crippen LogP contribution in [-0.2, 0) is 4.65 Å². The van der Waals surface area contributed by atoms with Gasteiger partial charge in [0.2, 0.25) is 0 Å². The van der Waals surface area contributed by atoms with E-state index in [0.29, 0.717) is 5.69 Å². The Balaban J connectivity index is 2.36. The van der Waals surface area contributed by atoms with Gasteiger partial charge in [0.05, 0.1) is 6.10 Å². The van der Waals surface area contributed by atoms with Gasteiger partial charge in [-0.1, -0.05) is 6.07 Å². The predicted molar refractivity (Wildman–Crippen MR) is 65.4 cm³/mol. The molecule has 0 fully saturated rings. The molecule has 16 heavy (non-hydrogen) atoms. The highest BCUT2D eigenvalue weighted by Gasteiger charge is 2.38. The summed E-state index contributed by atoms with van der Waals surface area (Å²) in [5, 5.41) is 9.81. The summed E-state index contributed by atoms with van der Waals surface area (Å²) in [6, 6.07) is 5.77. The summed E-state index contributed by atoms with van der Waals surface area (Å²) in [6.45, 7) is 2.07. The molecule has 1 aliphatic rings. The molecule has 0 spiro atoms. The molecular formula is C11H17BN2O2. The van der Waals surface area contributed by atoms with Crippen molar-refractivity contribution in [2.45, 2.75) is 19.1 Å². The lowest BCUT2D eigenvalue weighted by atomic mass is 9.79. The summed E-state index contributed by atoms with van der Waals surface area (Å²) in [7, 11) is 3.14. The van der Waals surface area contributed by atoms with Gasteiger partial charge in [-0.3, -0.25) is 0 Å². The molecule has 0 saturated heterocycles. The molecule has 0 aliphatic carbocycles. The Morgan fingerprint density at radius 1 is 1.50 bits per heavy atom. The molecule has 5 heteroatoms. The van der Waals surface area contributed by atoms with E-state index in [2.05, 4.69) is 11.8 Å². The summed E-state index contributed by atoms with van der Waals surface area (Å²) in [4.78, 5) is 2.07. The van der Waals surface area contributed by atoms with Crippen LogP contribution in [0, 0.1) is 0 Å². The molecule has 2 unspecified atom stereocenters. The van der Waals surface area contributed by atoms with Crippen LogP contribution in [0.1, 0.15) is 18.6 Å². The standard InChI is InChI=1S/C11H17BN2O2/c1-7(14(2)3)11-9-5-4-8(13)6-10(9)12(15)16-11/h4-7,11,15H,13H2,1-3H3. The van der Waals surface area contributed by atoms with Gasteiger partial charge in [-0.2, -0.15) is 0 Å². The molecule has 1 aliphatic heterocycles. The van der Waals surface area contributed by atoms with Gasteiger partial charge >= 0.3 is 7.12 Å². The van der Waals surface area contributed by atoms with Crippen molar-refractivity contribution < 1.29 is 9.68 Å². The predicted octanol–water partition coefficient (Wildman–Crippen LogP) is -0.0223. The number of rotatable bonds is 2. The van der Waals surface area contributed by atoms with Crippen LogP contribution in [0.5, 0.6) is 0 Å². The number of benzene rings is 1. The molecular weight excluding hydrogens is 203 g/mol. The molecule has 0 saturated carbocycles. The van der Waals surface area contributed by atoms with Crippen molar-refractivity contribution in [3.05, 3.63) is 23.8 Å². The van der Waals surface area contributed by atoms with Crippen LogP contribution in [0.25, 0.3) is 0 Å². The van der Waals surface area contributed by atoms with Crippen molar-refractivity contribution in [3.63, 3.8) is 0 Å². The van der Waals surface area contributed by atoms with E-state index in [1.54, 1.807) is 6.07 Å². The van der Waals surface area contributed by atoms with E-state index in [0.717, 1.165) is 11.0 Å². The first-order valence-electron chi connectivity index (χ1n) is 5.40. The molecule has 86 valence electrons. The van der Waals surface area contributed by atoms with E-state index in [4.69, 9.17) is 10.4 Å². The lowest BCUT2D eigenvalue weighted by Crippen LogP contribution is -2.32. The number of likely N-dealkylation sites (N-methyl/N-ethyl adjacent to an activating group) is 1. The van der Waals surface area contributed by atoms with Gasteiger partial charge in [-0.25, -0.2) is 0 Å². The highest BCUT2D eigenvalue weighted by molar-refractivity contribution is 6.61. The quantitative estimate of drug-likeness (QED) is 0.543. The lowest BCUT2D eigenvalue weighted by Gasteiger charge is -2.26. The second kappa shape index (κ2) is 4.09. The average molecular weight is 220 g/mol. The molecule has 0 amide bonds. The molecule has 0 bridgehead atoms. The first-order chi connectivity index (χ1) is 7.50. The van der Waals surface area contributed by atoms with Gasteiger partial charge in [-0.15, -0.1) is 0 Å². The van der Waals surface area contributed by atoms with Gasteiger partial charge in [0.25, 0.3) is 0 Å². The number of fused-ring (bicyclic) bond motifs is 1. The number of hydrogen-bond donors (Lipinski definition) is 2. The van der Waals surface area contributed by atoms with Crippen LogP contribution >= 0.6 is 0 Å².